The third-order valence-corrected chi connectivity index (χ3v) is 1.96. The Kier molecular flexibility index (Phi) is 3.88. The van der Waals surface area contributed by atoms with Crippen molar-refractivity contribution >= 4 is 0 Å². The Labute approximate surface area is 76.8 Å². The standard InChI is InChI=1S/C8H15N3O2/c1-6-7(3-10-11-6)2-9-8(4-12)5-13/h3,8-9,12-13H,2,4-5H2,1H3,(H,10,11). The average molecular weight is 185 g/mol. The van der Waals surface area contributed by atoms with Crippen LogP contribution in [0.2, 0.25) is 0 Å². The Balaban J connectivity index is 2.38. The molecule has 0 aliphatic carbocycles. The van der Waals surface area contributed by atoms with E-state index in [1.54, 1.807) is 6.20 Å². The van der Waals surface area contributed by atoms with E-state index in [1.165, 1.54) is 0 Å². The van der Waals surface area contributed by atoms with Crippen molar-refractivity contribution < 1.29 is 10.2 Å². The van der Waals surface area contributed by atoms with Crippen LogP contribution in [-0.4, -0.2) is 39.7 Å². The molecule has 0 unspecified atom stereocenters. The van der Waals surface area contributed by atoms with Crippen LogP contribution in [0.3, 0.4) is 0 Å². The maximum atomic E-state index is 8.78. The molecule has 0 aliphatic heterocycles. The molecule has 1 aromatic rings. The Bertz CT molecular complexity index is 245. The minimum Gasteiger partial charge on any atom is -0.395 e. The van der Waals surface area contributed by atoms with Crippen molar-refractivity contribution in [3.05, 3.63) is 17.5 Å². The Morgan fingerprint density at radius 1 is 1.54 bits per heavy atom. The highest BCUT2D eigenvalue weighted by atomic mass is 16.3. The summed E-state index contributed by atoms with van der Waals surface area (Å²) in [6.07, 6.45) is 1.73. The van der Waals surface area contributed by atoms with Crippen LogP contribution in [0, 0.1) is 6.92 Å². The van der Waals surface area contributed by atoms with E-state index in [4.69, 9.17) is 10.2 Å². The molecule has 5 nitrogen and oxygen atoms in total. The quantitative estimate of drug-likeness (QED) is 0.482. The summed E-state index contributed by atoms with van der Waals surface area (Å²) in [7, 11) is 0. The smallest absolute Gasteiger partial charge is 0.0607 e. The second-order valence-electron chi connectivity index (χ2n) is 2.96. The monoisotopic (exact) mass is 185 g/mol. The van der Waals surface area contributed by atoms with Crippen LogP contribution < -0.4 is 5.32 Å². The van der Waals surface area contributed by atoms with Crippen molar-refractivity contribution in [3.8, 4) is 0 Å². The lowest BCUT2D eigenvalue weighted by molar-refractivity contribution is 0.170. The zero-order valence-corrected chi connectivity index (χ0v) is 7.62. The van der Waals surface area contributed by atoms with Gasteiger partial charge in [-0.2, -0.15) is 5.10 Å². The van der Waals surface area contributed by atoms with Crippen LogP contribution in [0.25, 0.3) is 0 Å². The fraction of sp³-hybridized carbons (Fsp3) is 0.625. The van der Waals surface area contributed by atoms with Gasteiger partial charge in [-0.3, -0.25) is 5.10 Å². The lowest BCUT2D eigenvalue weighted by Gasteiger charge is -2.12. The van der Waals surface area contributed by atoms with Gasteiger partial charge in [0.2, 0.25) is 0 Å². The first-order valence-corrected chi connectivity index (χ1v) is 4.22. The van der Waals surface area contributed by atoms with Crippen molar-refractivity contribution in [3.63, 3.8) is 0 Å². The normalized spacial score (nSPS) is 11.1. The molecule has 13 heavy (non-hydrogen) atoms. The number of rotatable bonds is 5. The van der Waals surface area contributed by atoms with Crippen LogP contribution in [-0.2, 0) is 6.54 Å². The largest absolute Gasteiger partial charge is 0.395 e. The zero-order chi connectivity index (χ0) is 9.68. The molecule has 0 saturated carbocycles. The molecule has 0 atom stereocenters. The van der Waals surface area contributed by atoms with Gasteiger partial charge in [-0.25, -0.2) is 0 Å². The number of nitrogens with zero attached hydrogens (tertiary/aromatic N) is 1. The molecule has 0 aromatic carbocycles. The SMILES string of the molecule is Cc1[nH]ncc1CNC(CO)CO. The Morgan fingerprint density at radius 2 is 2.23 bits per heavy atom. The van der Waals surface area contributed by atoms with Gasteiger partial charge < -0.3 is 15.5 Å². The highest BCUT2D eigenvalue weighted by molar-refractivity contribution is 5.13. The van der Waals surface area contributed by atoms with E-state index in [0.717, 1.165) is 11.3 Å². The molecule has 0 aliphatic rings. The van der Waals surface area contributed by atoms with Gasteiger partial charge in [-0.15, -0.1) is 0 Å². The van der Waals surface area contributed by atoms with Gasteiger partial charge in [0.15, 0.2) is 0 Å². The van der Waals surface area contributed by atoms with E-state index in [1.807, 2.05) is 6.92 Å². The number of aliphatic hydroxyl groups excluding tert-OH is 2. The second kappa shape index (κ2) is 4.96. The molecule has 0 spiro atoms. The van der Waals surface area contributed by atoms with Gasteiger partial charge in [0.25, 0.3) is 0 Å². The fourth-order valence-electron chi connectivity index (χ4n) is 0.995. The molecule has 0 saturated heterocycles. The van der Waals surface area contributed by atoms with E-state index in [-0.39, 0.29) is 19.3 Å². The van der Waals surface area contributed by atoms with Gasteiger partial charge in [0, 0.05) is 17.8 Å². The van der Waals surface area contributed by atoms with E-state index in [2.05, 4.69) is 15.5 Å². The second-order valence-corrected chi connectivity index (χ2v) is 2.96. The number of hydrogen-bond acceptors (Lipinski definition) is 4. The number of aromatic amines is 1. The van der Waals surface area contributed by atoms with E-state index in [9.17, 15) is 0 Å². The summed E-state index contributed by atoms with van der Waals surface area (Å²) in [5.41, 5.74) is 2.05. The highest BCUT2D eigenvalue weighted by Crippen LogP contribution is 2.01. The van der Waals surface area contributed by atoms with E-state index >= 15 is 0 Å². The van der Waals surface area contributed by atoms with Crippen molar-refractivity contribution in [2.45, 2.75) is 19.5 Å². The van der Waals surface area contributed by atoms with Gasteiger partial charge in [0.05, 0.1) is 25.5 Å². The molecular weight excluding hydrogens is 170 g/mol. The minimum absolute atomic E-state index is 0.0621. The predicted octanol–water partition coefficient (Wildman–Crippen LogP) is -0.839. The number of aliphatic hydroxyl groups is 2. The van der Waals surface area contributed by atoms with Crippen molar-refractivity contribution in [2.24, 2.45) is 0 Å². The number of H-pyrrole nitrogens is 1. The van der Waals surface area contributed by atoms with E-state index < -0.39 is 0 Å². The molecule has 1 rings (SSSR count). The van der Waals surface area contributed by atoms with Gasteiger partial charge in [-0.1, -0.05) is 0 Å². The van der Waals surface area contributed by atoms with Gasteiger partial charge in [0.1, 0.15) is 0 Å². The van der Waals surface area contributed by atoms with E-state index in [0.29, 0.717) is 6.54 Å². The van der Waals surface area contributed by atoms with Crippen LogP contribution in [0.5, 0.6) is 0 Å². The molecule has 1 aromatic heterocycles. The average Bonchev–Trinajstić information content (AvgIpc) is 2.54. The summed E-state index contributed by atoms with van der Waals surface area (Å²) in [5.74, 6) is 0. The zero-order valence-electron chi connectivity index (χ0n) is 7.62. The van der Waals surface area contributed by atoms with Gasteiger partial charge in [-0.05, 0) is 6.92 Å². The van der Waals surface area contributed by atoms with Crippen LogP contribution >= 0.6 is 0 Å². The summed E-state index contributed by atoms with van der Waals surface area (Å²) in [5, 5.41) is 27.2. The molecule has 0 radical (unpaired) electrons. The summed E-state index contributed by atoms with van der Waals surface area (Å²) in [6.45, 7) is 2.41. The van der Waals surface area contributed by atoms with Crippen LogP contribution in [0.15, 0.2) is 6.20 Å². The first-order chi connectivity index (χ1) is 6.27. The molecule has 0 fully saturated rings. The Hall–Kier alpha value is -0.910. The topological polar surface area (TPSA) is 81.2 Å². The summed E-state index contributed by atoms with van der Waals surface area (Å²) in [4.78, 5) is 0. The maximum Gasteiger partial charge on any atom is 0.0607 e. The van der Waals surface area contributed by atoms with Gasteiger partial charge >= 0.3 is 0 Å². The summed E-state index contributed by atoms with van der Waals surface area (Å²) >= 11 is 0. The molecule has 0 bridgehead atoms. The molecule has 0 amide bonds. The first kappa shape index (κ1) is 10.2. The minimum atomic E-state index is -0.255. The number of hydrogen-bond donors (Lipinski definition) is 4. The van der Waals surface area contributed by atoms with Crippen molar-refractivity contribution in [1.82, 2.24) is 15.5 Å². The molecule has 74 valence electrons. The number of aromatic nitrogens is 2. The molecule has 5 heteroatoms. The highest BCUT2D eigenvalue weighted by Gasteiger charge is 2.06. The van der Waals surface area contributed by atoms with Crippen LogP contribution in [0.4, 0.5) is 0 Å². The summed E-state index contributed by atoms with van der Waals surface area (Å²) in [6, 6.07) is -0.255. The van der Waals surface area contributed by atoms with Crippen molar-refractivity contribution in [2.75, 3.05) is 13.2 Å². The van der Waals surface area contributed by atoms with Crippen LogP contribution in [0.1, 0.15) is 11.3 Å². The number of aryl methyl sites for hydroxylation is 1. The third kappa shape index (κ3) is 2.80. The Morgan fingerprint density at radius 3 is 2.69 bits per heavy atom. The third-order valence-electron chi connectivity index (χ3n) is 1.96. The molecule has 1 heterocycles. The lowest BCUT2D eigenvalue weighted by Crippen LogP contribution is -2.35. The number of nitrogens with one attached hydrogen (secondary N) is 2. The predicted molar refractivity (Wildman–Crippen MR) is 48.1 cm³/mol. The first-order valence-electron chi connectivity index (χ1n) is 4.22. The fourth-order valence-corrected chi connectivity index (χ4v) is 0.995. The lowest BCUT2D eigenvalue weighted by atomic mass is 10.2. The maximum absolute atomic E-state index is 8.78. The summed E-state index contributed by atoms with van der Waals surface area (Å²) < 4.78 is 0. The molecular formula is C8H15N3O2. The molecule has 4 N–H and O–H groups in total. The van der Waals surface area contributed by atoms with Crippen molar-refractivity contribution in [1.29, 1.82) is 0 Å².